The number of hydrogen-bond donors (Lipinski definition) is 3. The van der Waals surface area contributed by atoms with E-state index >= 15 is 0 Å². The van der Waals surface area contributed by atoms with Gasteiger partial charge in [0.25, 0.3) is 0 Å². The molecule has 3 rings (SSSR count). The molecule has 7 nitrogen and oxygen atoms in total. The fourth-order valence-corrected chi connectivity index (χ4v) is 2.87. The highest BCUT2D eigenvalue weighted by Gasteiger charge is 2.31. The molecular weight excluding hydrogens is 368 g/mol. The van der Waals surface area contributed by atoms with Gasteiger partial charge in [-0.25, -0.2) is 23.7 Å². The maximum Gasteiger partial charge on any atom is 0.305 e. The molecule has 0 bridgehead atoms. The number of halogens is 2. The van der Waals surface area contributed by atoms with Crippen molar-refractivity contribution < 1.29 is 18.7 Å². The molecular formula is C19H21F2N5O2. The summed E-state index contributed by atoms with van der Waals surface area (Å²) in [6.07, 6.45) is 4.16. The Morgan fingerprint density at radius 2 is 2.07 bits per heavy atom. The van der Waals surface area contributed by atoms with E-state index in [9.17, 15) is 18.7 Å². The molecule has 0 saturated carbocycles. The van der Waals surface area contributed by atoms with Gasteiger partial charge in [-0.2, -0.15) is 0 Å². The minimum Gasteiger partial charge on any atom is -0.481 e. The first kappa shape index (κ1) is 19.7. The standard InChI is InChI=1S/C19H21F2N5O2/c1-4-19(2,3)14(6-15(27)28)25-18-13(21)9-24-17(26-18)12-8-23-16-11(12)5-10(20)7-22-16/h5,7-9,14H,4,6H2,1-3H3,(H,22,23)(H,27,28)(H,24,25,26)/t14-/m1/s1. The van der Waals surface area contributed by atoms with Gasteiger partial charge in [0.1, 0.15) is 11.5 Å². The molecule has 0 aliphatic rings. The lowest BCUT2D eigenvalue weighted by Crippen LogP contribution is -2.38. The van der Waals surface area contributed by atoms with Crippen LogP contribution in [0, 0.1) is 17.0 Å². The van der Waals surface area contributed by atoms with Crippen molar-refractivity contribution in [2.24, 2.45) is 5.41 Å². The molecule has 3 aromatic heterocycles. The van der Waals surface area contributed by atoms with Crippen LogP contribution >= 0.6 is 0 Å². The van der Waals surface area contributed by atoms with Crippen LogP contribution in [0.2, 0.25) is 0 Å². The largest absolute Gasteiger partial charge is 0.481 e. The van der Waals surface area contributed by atoms with Crippen LogP contribution in [0.25, 0.3) is 22.4 Å². The molecule has 0 aliphatic carbocycles. The average Bonchev–Trinajstić information content (AvgIpc) is 3.05. The number of pyridine rings is 1. The number of nitrogens with one attached hydrogen (secondary N) is 2. The van der Waals surface area contributed by atoms with Gasteiger partial charge in [-0.3, -0.25) is 4.79 Å². The summed E-state index contributed by atoms with van der Waals surface area (Å²) in [5, 5.41) is 12.6. The summed E-state index contributed by atoms with van der Waals surface area (Å²) in [7, 11) is 0. The molecule has 0 saturated heterocycles. The number of aromatic nitrogens is 4. The maximum atomic E-state index is 14.4. The van der Waals surface area contributed by atoms with Crippen molar-refractivity contribution >= 4 is 22.8 Å². The second-order valence-electron chi connectivity index (χ2n) is 7.28. The summed E-state index contributed by atoms with van der Waals surface area (Å²) in [4.78, 5) is 26.3. The normalized spacial score (nSPS) is 12.9. The second-order valence-corrected chi connectivity index (χ2v) is 7.28. The van der Waals surface area contributed by atoms with Crippen LogP contribution < -0.4 is 5.32 Å². The van der Waals surface area contributed by atoms with Gasteiger partial charge in [0.05, 0.1) is 18.8 Å². The molecule has 9 heteroatoms. The number of rotatable bonds is 7. The Kier molecular flexibility index (Phi) is 5.26. The third-order valence-electron chi connectivity index (χ3n) is 5.03. The van der Waals surface area contributed by atoms with Gasteiger partial charge < -0.3 is 15.4 Å². The molecule has 0 aliphatic heterocycles. The van der Waals surface area contributed by atoms with Crippen molar-refractivity contribution in [3.63, 3.8) is 0 Å². The number of H-pyrrole nitrogens is 1. The number of aromatic amines is 1. The quantitative estimate of drug-likeness (QED) is 0.564. The van der Waals surface area contributed by atoms with E-state index in [-0.39, 0.29) is 18.1 Å². The third-order valence-corrected chi connectivity index (χ3v) is 5.03. The van der Waals surface area contributed by atoms with Crippen LogP contribution in [0.4, 0.5) is 14.6 Å². The zero-order chi connectivity index (χ0) is 20.5. The van der Waals surface area contributed by atoms with E-state index in [1.807, 2.05) is 20.8 Å². The fraction of sp³-hybridized carbons (Fsp3) is 0.368. The summed E-state index contributed by atoms with van der Waals surface area (Å²) in [5.74, 6) is -2.13. The van der Waals surface area contributed by atoms with Crippen molar-refractivity contribution in [3.05, 3.63) is 36.3 Å². The Morgan fingerprint density at radius 1 is 1.32 bits per heavy atom. The lowest BCUT2D eigenvalue weighted by Gasteiger charge is -2.33. The summed E-state index contributed by atoms with van der Waals surface area (Å²) in [5.41, 5.74) is 0.508. The Labute approximate surface area is 160 Å². The molecule has 3 heterocycles. The molecule has 28 heavy (non-hydrogen) atoms. The number of carboxylic acid groups (broad SMARTS) is 1. The molecule has 148 valence electrons. The SMILES string of the molecule is CCC(C)(C)[C@@H](CC(=O)O)Nc1nc(-c2c[nH]c3ncc(F)cc23)ncc1F. The van der Waals surface area contributed by atoms with Crippen LogP contribution in [-0.4, -0.2) is 37.1 Å². The molecule has 0 fully saturated rings. The molecule has 1 atom stereocenters. The summed E-state index contributed by atoms with van der Waals surface area (Å²) < 4.78 is 27.9. The lowest BCUT2D eigenvalue weighted by atomic mass is 9.80. The van der Waals surface area contributed by atoms with Crippen LogP contribution in [0.3, 0.4) is 0 Å². The summed E-state index contributed by atoms with van der Waals surface area (Å²) in [6.45, 7) is 5.75. The van der Waals surface area contributed by atoms with E-state index in [0.717, 1.165) is 12.4 Å². The smallest absolute Gasteiger partial charge is 0.305 e. The first-order valence-corrected chi connectivity index (χ1v) is 8.85. The number of hydrogen-bond acceptors (Lipinski definition) is 5. The van der Waals surface area contributed by atoms with E-state index in [2.05, 4.69) is 25.3 Å². The molecule has 0 amide bonds. The van der Waals surface area contributed by atoms with Crippen LogP contribution in [0.1, 0.15) is 33.6 Å². The Balaban J connectivity index is 2.01. The molecule has 0 aromatic carbocycles. The predicted molar refractivity (Wildman–Crippen MR) is 101 cm³/mol. The zero-order valence-corrected chi connectivity index (χ0v) is 15.8. The monoisotopic (exact) mass is 389 g/mol. The van der Waals surface area contributed by atoms with Crippen LogP contribution in [0.15, 0.2) is 24.7 Å². The number of nitrogens with zero attached hydrogens (tertiary/aromatic N) is 3. The highest BCUT2D eigenvalue weighted by atomic mass is 19.1. The number of carboxylic acids is 1. The van der Waals surface area contributed by atoms with E-state index < -0.39 is 29.1 Å². The Bertz CT molecular complexity index is 1020. The minimum atomic E-state index is -0.994. The van der Waals surface area contributed by atoms with E-state index in [4.69, 9.17) is 0 Å². The summed E-state index contributed by atoms with van der Waals surface area (Å²) >= 11 is 0. The van der Waals surface area contributed by atoms with E-state index in [1.165, 1.54) is 6.07 Å². The third kappa shape index (κ3) is 3.92. The molecule has 3 aromatic rings. The summed E-state index contributed by atoms with van der Waals surface area (Å²) in [6, 6.07) is 0.746. The highest BCUT2D eigenvalue weighted by Crippen LogP contribution is 2.31. The molecule has 0 radical (unpaired) electrons. The van der Waals surface area contributed by atoms with E-state index in [0.29, 0.717) is 23.0 Å². The first-order valence-electron chi connectivity index (χ1n) is 8.85. The molecule has 3 N–H and O–H groups in total. The topological polar surface area (TPSA) is 104 Å². The molecule has 0 spiro atoms. The van der Waals surface area contributed by atoms with Gasteiger partial charge >= 0.3 is 5.97 Å². The van der Waals surface area contributed by atoms with Crippen molar-refractivity contribution in [2.45, 2.75) is 39.7 Å². The van der Waals surface area contributed by atoms with Gasteiger partial charge in [-0.05, 0) is 17.9 Å². The van der Waals surface area contributed by atoms with Crippen LogP contribution in [-0.2, 0) is 4.79 Å². The van der Waals surface area contributed by atoms with Crippen molar-refractivity contribution in [1.82, 2.24) is 19.9 Å². The number of fused-ring (bicyclic) bond motifs is 1. The van der Waals surface area contributed by atoms with Crippen molar-refractivity contribution in [3.8, 4) is 11.4 Å². The lowest BCUT2D eigenvalue weighted by molar-refractivity contribution is -0.137. The fourth-order valence-electron chi connectivity index (χ4n) is 2.87. The van der Waals surface area contributed by atoms with Crippen molar-refractivity contribution in [2.75, 3.05) is 5.32 Å². The van der Waals surface area contributed by atoms with Crippen LogP contribution in [0.5, 0.6) is 0 Å². The van der Waals surface area contributed by atoms with Crippen molar-refractivity contribution in [1.29, 1.82) is 0 Å². The average molecular weight is 389 g/mol. The van der Waals surface area contributed by atoms with Gasteiger partial charge in [-0.1, -0.05) is 20.8 Å². The van der Waals surface area contributed by atoms with Gasteiger partial charge in [0.15, 0.2) is 17.5 Å². The number of carbonyl (C=O) groups is 1. The number of aliphatic carboxylic acids is 1. The van der Waals surface area contributed by atoms with Gasteiger partial charge in [-0.15, -0.1) is 0 Å². The Hall–Kier alpha value is -3.10. The maximum absolute atomic E-state index is 14.4. The Morgan fingerprint density at radius 3 is 2.75 bits per heavy atom. The predicted octanol–water partition coefficient (Wildman–Crippen LogP) is 3.99. The second kappa shape index (κ2) is 7.49. The highest BCUT2D eigenvalue weighted by molar-refractivity contribution is 5.91. The number of anilines is 1. The van der Waals surface area contributed by atoms with E-state index in [1.54, 1.807) is 6.20 Å². The zero-order valence-electron chi connectivity index (χ0n) is 15.8. The molecule has 0 unspecified atom stereocenters. The van der Waals surface area contributed by atoms with Gasteiger partial charge in [0.2, 0.25) is 0 Å². The minimum absolute atomic E-state index is 0.100. The van der Waals surface area contributed by atoms with Gasteiger partial charge in [0, 0.05) is 23.2 Å². The first-order chi connectivity index (χ1) is 13.2.